The van der Waals surface area contributed by atoms with Crippen molar-refractivity contribution >= 4 is 0 Å². The van der Waals surface area contributed by atoms with Gasteiger partial charge in [-0.25, -0.2) is 4.39 Å². The zero-order chi connectivity index (χ0) is 11.4. The van der Waals surface area contributed by atoms with Gasteiger partial charge in [-0.05, 0) is 56.8 Å². The van der Waals surface area contributed by atoms with Gasteiger partial charge in [-0.1, -0.05) is 18.6 Å². The van der Waals surface area contributed by atoms with Crippen molar-refractivity contribution in [1.29, 1.82) is 0 Å². The number of aryl methyl sites for hydroxylation is 1. The highest BCUT2D eigenvalue weighted by Gasteiger charge is 2.25. The lowest BCUT2D eigenvalue weighted by atomic mass is 9.85. The minimum atomic E-state index is -0.126. The molecule has 0 aromatic heterocycles. The molecule has 1 heterocycles. The quantitative estimate of drug-likeness (QED) is 0.826. The van der Waals surface area contributed by atoms with Crippen LogP contribution in [0.5, 0.6) is 0 Å². The van der Waals surface area contributed by atoms with Crippen LogP contribution in [0.1, 0.15) is 38.2 Å². The van der Waals surface area contributed by atoms with Crippen LogP contribution in [0.4, 0.5) is 4.39 Å². The normalized spacial score (nSPS) is 25.6. The largest absolute Gasteiger partial charge is 0.312 e. The van der Waals surface area contributed by atoms with Crippen molar-refractivity contribution in [3.8, 4) is 0 Å². The van der Waals surface area contributed by atoms with Gasteiger partial charge in [0.05, 0.1) is 0 Å². The van der Waals surface area contributed by atoms with E-state index in [1.54, 1.807) is 12.1 Å². The van der Waals surface area contributed by atoms with Crippen molar-refractivity contribution in [2.75, 3.05) is 6.54 Å². The van der Waals surface area contributed by atoms with Gasteiger partial charge in [0.15, 0.2) is 0 Å². The molecular formula is C14H20FN. The molecule has 0 bridgehead atoms. The molecule has 1 aliphatic heterocycles. The summed E-state index contributed by atoms with van der Waals surface area (Å²) in [4.78, 5) is 0. The lowest BCUT2D eigenvalue weighted by molar-refractivity contribution is 0.261. The first kappa shape index (κ1) is 11.6. The van der Waals surface area contributed by atoms with Gasteiger partial charge in [-0.3, -0.25) is 0 Å². The second-order valence-electron chi connectivity index (χ2n) is 5.07. The molecular weight excluding hydrogens is 201 g/mol. The first-order valence-corrected chi connectivity index (χ1v) is 6.17. The summed E-state index contributed by atoms with van der Waals surface area (Å²) in [5.74, 6) is -0.126. The Morgan fingerprint density at radius 2 is 2.25 bits per heavy atom. The Hall–Kier alpha value is -0.890. The number of halogens is 1. The molecule has 2 rings (SSSR count). The molecule has 1 N–H and O–H groups in total. The molecule has 16 heavy (non-hydrogen) atoms. The van der Waals surface area contributed by atoms with Gasteiger partial charge in [0.2, 0.25) is 0 Å². The number of hydrogen-bond donors (Lipinski definition) is 1. The van der Waals surface area contributed by atoms with E-state index < -0.39 is 0 Å². The standard InChI is InChI=1S/C14H20FN/c1-14(8-2-3-10-16-14)9-7-12-5-4-6-13(15)11-12/h4-6,11,16H,2-3,7-10H2,1H3. The van der Waals surface area contributed by atoms with E-state index in [2.05, 4.69) is 12.2 Å². The lowest BCUT2D eigenvalue weighted by Gasteiger charge is -2.35. The number of piperidine rings is 1. The van der Waals surface area contributed by atoms with E-state index in [1.807, 2.05) is 6.07 Å². The summed E-state index contributed by atoms with van der Waals surface area (Å²) >= 11 is 0. The van der Waals surface area contributed by atoms with Gasteiger partial charge in [-0.15, -0.1) is 0 Å². The minimum Gasteiger partial charge on any atom is -0.312 e. The van der Waals surface area contributed by atoms with Gasteiger partial charge >= 0.3 is 0 Å². The van der Waals surface area contributed by atoms with Crippen molar-refractivity contribution in [2.45, 2.75) is 44.6 Å². The molecule has 0 amide bonds. The van der Waals surface area contributed by atoms with Gasteiger partial charge in [0.25, 0.3) is 0 Å². The Morgan fingerprint density at radius 1 is 1.38 bits per heavy atom. The average Bonchev–Trinajstić information content (AvgIpc) is 2.28. The highest BCUT2D eigenvalue weighted by atomic mass is 19.1. The number of nitrogens with one attached hydrogen (secondary N) is 1. The lowest BCUT2D eigenvalue weighted by Crippen LogP contribution is -2.46. The average molecular weight is 221 g/mol. The molecule has 0 spiro atoms. The monoisotopic (exact) mass is 221 g/mol. The number of benzene rings is 1. The number of hydrogen-bond acceptors (Lipinski definition) is 1. The first-order chi connectivity index (χ1) is 7.68. The van der Waals surface area contributed by atoms with Crippen LogP contribution < -0.4 is 5.32 Å². The van der Waals surface area contributed by atoms with Gasteiger partial charge in [-0.2, -0.15) is 0 Å². The predicted molar refractivity (Wildman–Crippen MR) is 65.0 cm³/mol. The molecule has 0 aliphatic carbocycles. The summed E-state index contributed by atoms with van der Waals surface area (Å²) in [5, 5.41) is 3.59. The molecule has 1 aromatic rings. The smallest absolute Gasteiger partial charge is 0.123 e. The molecule has 1 aliphatic rings. The van der Waals surface area contributed by atoms with Crippen molar-refractivity contribution in [3.63, 3.8) is 0 Å². The molecule has 1 atom stereocenters. The van der Waals surface area contributed by atoms with E-state index in [1.165, 1.54) is 25.3 Å². The Kier molecular flexibility index (Phi) is 3.59. The Balaban J connectivity index is 1.91. The fourth-order valence-electron chi connectivity index (χ4n) is 2.44. The zero-order valence-corrected chi connectivity index (χ0v) is 9.93. The predicted octanol–water partition coefficient (Wildman–Crippen LogP) is 3.29. The van der Waals surface area contributed by atoms with Crippen LogP contribution in [0.25, 0.3) is 0 Å². The molecule has 0 saturated carbocycles. The maximum absolute atomic E-state index is 13.0. The van der Waals surface area contributed by atoms with Crippen molar-refractivity contribution in [2.24, 2.45) is 0 Å². The van der Waals surface area contributed by atoms with Crippen molar-refractivity contribution < 1.29 is 4.39 Å². The summed E-state index contributed by atoms with van der Waals surface area (Å²) in [6, 6.07) is 6.95. The summed E-state index contributed by atoms with van der Waals surface area (Å²) < 4.78 is 13.0. The Labute approximate surface area is 97.1 Å². The number of rotatable bonds is 3. The highest BCUT2D eigenvalue weighted by molar-refractivity contribution is 5.16. The van der Waals surface area contributed by atoms with Crippen LogP contribution in [0.15, 0.2) is 24.3 Å². The molecule has 1 nitrogen and oxygen atoms in total. The third-order valence-electron chi connectivity index (χ3n) is 3.56. The second kappa shape index (κ2) is 4.96. The SMILES string of the molecule is CC1(CCc2cccc(F)c2)CCCCN1. The summed E-state index contributed by atoms with van der Waals surface area (Å²) in [7, 11) is 0. The van der Waals surface area contributed by atoms with E-state index in [0.717, 1.165) is 24.9 Å². The molecule has 1 fully saturated rings. The summed E-state index contributed by atoms with van der Waals surface area (Å²) in [5.41, 5.74) is 1.36. The second-order valence-corrected chi connectivity index (χ2v) is 5.07. The van der Waals surface area contributed by atoms with E-state index in [-0.39, 0.29) is 11.4 Å². The minimum absolute atomic E-state index is 0.126. The summed E-state index contributed by atoms with van der Waals surface area (Å²) in [6.07, 6.45) is 5.89. The van der Waals surface area contributed by atoms with Crippen molar-refractivity contribution in [1.82, 2.24) is 5.32 Å². The third-order valence-corrected chi connectivity index (χ3v) is 3.56. The fourth-order valence-corrected chi connectivity index (χ4v) is 2.44. The van der Waals surface area contributed by atoms with Crippen LogP contribution in [-0.4, -0.2) is 12.1 Å². The van der Waals surface area contributed by atoms with Gasteiger partial charge in [0, 0.05) is 5.54 Å². The topological polar surface area (TPSA) is 12.0 Å². The third kappa shape index (κ3) is 3.05. The molecule has 1 saturated heterocycles. The van der Waals surface area contributed by atoms with Crippen LogP contribution in [0, 0.1) is 5.82 Å². The summed E-state index contributed by atoms with van der Waals surface area (Å²) in [6.45, 7) is 3.41. The van der Waals surface area contributed by atoms with Crippen LogP contribution in [0.3, 0.4) is 0 Å². The van der Waals surface area contributed by atoms with E-state index in [0.29, 0.717) is 0 Å². The first-order valence-electron chi connectivity index (χ1n) is 6.17. The zero-order valence-electron chi connectivity index (χ0n) is 9.93. The molecule has 2 heteroatoms. The Bertz CT molecular complexity index is 342. The molecule has 88 valence electrons. The van der Waals surface area contributed by atoms with E-state index in [4.69, 9.17) is 0 Å². The van der Waals surface area contributed by atoms with Gasteiger partial charge < -0.3 is 5.32 Å². The highest BCUT2D eigenvalue weighted by Crippen LogP contribution is 2.24. The molecule has 1 unspecified atom stereocenters. The van der Waals surface area contributed by atoms with Gasteiger partial charge in [0.1, 0.15) is 5.82 Å². The fraction of sp³-hybridized carbons (Fsp3) is 0.571. The molecule has 1 aromatic carbocycles. The van der Waals surface area contributed by atoms with Crippen LogP contribution in [-0.2, 0) is 6.42 Å². The van der Waals surface area contributed by atoms with E-state index >= 15 is 0 Å². The maximum atomic E-state index is 13.0. The molecule has 0 radical (unpaired) electrons. The van der Waals surface area contributed by atoms with Crippen LogP contribution in [0.2, 0.25) is 0 Å². The van der Waals surface area contributed by atoms with Crippen LogP contribution >= 0.6 is 0 Å². The van der Waals surface area contributed by atoms with Crippen molar-refractivity contribution in [3.05, 3.63) is 35.6 Å². The van der Waals surface area contributed by atoms with E-state index in [9.17, 15) is 4.39 Å². The maximum Gasteiger partial charge on any atom is 0.123 e. The Morgan fingerprint density at radius 3 is 2.94 bits per heavy atom.